The van der Waals surface area contributed by atoms with E-state index < -0.39 is 5.97 Å². The molecule has 0 atom stereocenters. The SMILES string of the molecule is CCCCCCCC/C=C\CCCCCCCC(=O)O.C[N+](C)(C)CCO. The van der Waals surface area contributed by atoms with Crippen LogP contribution in [0.5, 0.6) is 0 Å². The van der Waals surface area contributed by atoms with E-state index in [1.807, 2.05) is 0 Å². The smallest absolute Gasteiger partial charge is 0.303 e. The Balaban J connectivity index is 0. The highest BCUT2D eigenvalue weighted by atomic mass is 16.4. The molecule has 0 aliphatic rings. The summed E-state index contributed by atoms with van der Waals surface area (Å²) in [5, 5.41) is 16.9. The van der Waals surface area contributed by atoms with Gasteiger partial charge in [-0.3, -0.25) is 4.79 Å². The molecule has 0 radical (unpaired) electrons. The van der Waals surface area contributed by atoms with Crippen LogP contribution in [0.25, 0.3) is 0 Å². The predicted octanol–water partition coefficient (Wildman–Crippen LogP) is 5.79. The van der Waals surface area contributed by atoms with E-state index in [4.69, 9.17) is 10.2 Å². The van der Waals surface area contributed by atoms with Gasteiger partial charge in [-0.25, -0.2) is 0 Å². The monoisotopic (exact) mass is 386 g/mol. The summed E-state index contributed by atoms with van der Waals surface area (Å²) < 4.78 is 0.844. The Kier molecular flexibility index (Phi) is 22.5. The lowest BCUT2D eigenvalue weighted by atomic mass is 10.1. The van der Waals surface area contributed by atoms with Crippen LogP contribution in [0.15, 0.2) is 12.2 Å². The van der Waals surface area contributed by atoms with E-state index >= 15 is 0 Å². The second-order valence-corrected chi connectivity index (χ2v) is 8.47. The number of allylic oxidation sites excluding steroid dienone is 2. The maximum Gasteiger partial charge on any atom is 0.303 e. The summed E-state index contributed by atoms with van der Waals surface area (Å²) in [5.41, 5.74) is 0. The molecular formula is C23H48NO3+. The molecule has 0 aromatic heterocycles. The van der Waals surface area contributed by atoms with Gasteiger partial charge < -0.3 is 14.7 Å². The number of aliphatic carboxylic acids is 1. The normalized spacial score (nSPS) is 11.4. The average molecular weight is 387 g/mol. The Morgan fingerprint density at radius 3 is 1.59 bits per heavy atom. The van der Waals surface area contributed by atoms with E-state index in [1.165, 1.54) is 70.6 Å². The van der Waals surface area contributed by atoms with Crippen molar-refractivity contribution in [1.82, 2.24) is 0 Å². The minimum atomic E-state index is -0.664. The predicted molar refractivity (Wildman–Crippen MR) is 117 cm³/mol. The second kappa shape index (κ2) is 21.4. The Morgan fingerprint density at radius 1 is 0.778 bits per heavy atom. The lowest BCUT2D eigenvalue weighted by Gasteiger charge is -2.21. The zero-order valence-corrected chi connectivity index (χ0v) is 18.7. The Hall–Kier alpha value is -0.870. The number of likely N-dealkylation sites (N-methyl/N-ethyl adjacent to an activating group) is 1. The number of rotatable bonds is 17. The molecule has 0 fully saturated rings. The third-order valence-electron chi connectivity index (χ3n) is 4.42. The minimum Gasteiger partial charge on any atom is -0.481 e. The first-order valence-corrected chi connectivity index (χ1v) is 11.1. The molecule has 27 heavy (non-hydrogen) atoms. The number of nitrogens with zero attached hydrogens (tertiary/aromatic N) is 1. The highest BCUT2D eigenvalue weighted by Crippen LogP contribution is 2.09. The van der Waals surface area contributed by atoms with Crippen LogP contribution in [-0.4, -0.2) is 55.0 Å². The zero-order valence-electron chi connectivity index (χ0n) is 18.7. The van der Waals surface area contributed by atoms with Gasteiger partial charge in [0.25, 0.3) is 0 Å². The van der Waals surface area contributed by atoms with Gasteiger partial charge in [-0.1, -0.05) is 70.4 Å². The van der Waals surface area contributed by atoms with Crippen molar-refractivity contribution in [3.63, 3.8) is 0 Å². The van der Waals surface area contributed by atoms with Crippen molar-refractivity contribution in [2.24, 2.45) is 0 Å². The van der Waals surface area contributed by atoms with Crippen molar-refractivity contribution in [3.05, 3.63) is 12.2 Å². The topological polar surface area (TPSA) is 57.5 Å². The summed E-state index contributed by atoms with van der Waals surface area (Å²) in [4.78, 5) is 10.3. The molecule has 0 unspecified atom stereocenters. The van der Waals surface area contributed by atoms with Gasteiger partial charge in [0.15, 0.2) is 0 Å². The Morgan fingerprint density at radius 2 is 1.22 bits per heavy atom. The van der Waals surface area contributed by atoms with Crippen molar-refractivity contribution >= 4 is 5.97 Å². The first kappa shape index (κ1) is 28.3. The summed E-state index contributed by atoms with van der Waals surface area (Å²) in [6.45, 7) is 3.37. The number of carboxylic acid groups (broad SMARTS) is 1. The maximum absolute atomic E-state index is 10.3. The lowest BCUT2D eigenvalue weighted by molar-refractivity contribution is -0.870. The summed E-state index contributed by atoms with van der Waals surface area (Å²) in [7, 11) is 6.16. The third kappa shape index (κ3) is 33.2. The fourth-order valence-electron chi connectivity index (χ4n) is 2.65. The number of aliphatic hydroxyl groups excluding tert-OH is 1. The standard InChI is InChI=1S/C18H34O2.C5H14NO/c1-2-3-4-5-6-7-8-9-10-11-12-13-14-15-16-17-18(19)20;1-6(2,3)4-5-7/h9-10H,2-8,11-17H2,1H3,(H,19,20);7H,4-5H2,1-3H3/q;+1/b10-9-;. The second-order valence-electron chi connectivity index (χ2n) is 8.47. The molecule has 0 rings (SSSR count). The molecule has 0 saturated heterocycles. The van der Waals surface area contributed by atoms with Gasteiger partial charge in [0, 0.05) is 6.42 Å². The minimum absolute atomic E-state index is 0.281. The number of quaternary nitrogens is 1. The van der Waals surface area contributed by atoms with Crippen molar-refractivity contribution < 1.29 is 19.5 Å². The number of unbranched alkanes of at least 4 members (excludes halogenated alkanes) is 11. The summed E-state index contributed by atoms with van der Waals surface area (Å²) in [6.07, 6.45) is 21.2. The number of hydrogen-bond acceptors (Lipinski definition) is 2. The van der Waals surface area contributed by atoms with Gasteiger partial charge in [-0.15, -0.1) is 0 Å². The van der Waals surface area contributed by atoms with Gasteiger partial charge in [0.2, 0.25) is 0 Å². The van der Waals surface area contributed by atoms with Crippen molar-refractivity contribution in [2.45, 2.75) is 96.8 Å². The molecule has 0 amide bonds. The van der Waals surface area contributed by atoms with Crippen molar-refractivity contribution in [2.75, 3.05) is 34.3 Å². The van der Waals surface area contributed by atoms with Crippen molar-refractivity contribution in [3.8, 4) is 0 Å². The third-order valence-corrected chi connectivity index (χ3v) is 4.42. The number of carbonyl (C=O) groups is 1. The molecule has 4 heteroatoms. The molecule has 0 saturated carbocycles. The molecule has 0 aliphatic heterocycles. The molecule has 162 valence electrons. The maximum atomic E-state index is 10.3. The molecule has 0 heterocycles. The fraction of sp³-hybridized carbons (Fsp3) is 0.870. The van der Waals surface area contributed by atoms with E-state index in [2.05, 4.69) is 40.2 Å². The Bertz CT molecular complexity index is 335. The van der Waals surface area contributed by atoms with E-state index in [-0.39, 0.29) is 6.61 Å². The number of carboxylic acids is 1. The van der Waals surface area contributed by atoms with Crippen molar-refractivity contribution in [1.29, 1.82) is 0 Å². The van der Waals surface area contributed by atoms with E-state index in [0.29, 0.717) is 6.42 Å². The fourth-order valence-corrected chi connectivity index (χ4v) is 2.65. The summed E-state index contributed by atoms with van der Waals surface area (Å²) in [5.74, 6) is -0.664. The van der Waals surface area contributed by atoms with E-state index in [0.717, 1.165) is 23.9 Å². The van der Waals surface area contributed by atoms with Crippen LogP contribution in [0.1, 0.15) is 96.8 Å². The van der Waals surface area contributed by atoms with E-state index in [1.54, 1.807) is 0 Å². The quantitative estimate of drug-likeness (QED) is 0.189. The zero-order chi connectivity index (χ0) is 20.8. The van der Waals surface area contributed by atoms with Gasteiger partial charge in [-0.05, 0) is 32.1 Å². The molecule has 0 aromatic rings. The first-order chi connectivity index (χ1) is 12.8. The van der Waals surface area contributed by atoms with Crippen LogP contribution in [0.3, 0.4) is 0 Å². The van der Waals surface area contributed by atoms with Crippen LogP contribution < -0.4 is 0 Å². The summed E-state index contributed by atoms with van der Waals surface area (Å²) >= 11 is 0. The lowest BCUT2D eigenvalue weighted by Crippen LogP contribution is -2.36. The van der Waals surface area contributed by atoms with Crippen LogP contribution in [0.4, 0.5) is 0 Å². The van der Waals surface area contributed by atoms with Crippen LogP contribution in [0, 0.1) is 0 Å². The number of hydrogen-bond donors (Lipinski definition) is 2. The van der Waals surface area contributed by atoms with Gasteiger partial charge in [-0.2, -0.15) is 0 Å². The Labute approximate surface area is 169 Å². The van der Waals surface area contributed by atoms with Gasteiger partial charge in [0.1, 0.15) is 6.54 Å². The van der Waals surface area contributed by atoms with Crippen LogP contribution >= 0.6 is 0 Å². The molecule has 2 N–H and O–H groups in total. The molecule has 0 spiro atoms. The molecule has 0 bridgehead atoms. The number of aliphatic hydroxyl groups is 1. The highest BCUT2D eigenvalue weighted by Gasteiger charge is 2.02. The van der Waals surface area contributed by atoms with E-state index in [9.17, 15) is 4.79 Å². The van der Waals surface area contributed by atoms with Crippen LogP contribution in [-0.2, 0) is 4.79 Å². The molecule has 0 aliphatic carbocycles. The summed E-state index contributed by atoms with van der Waals surface area (Å²) in [6, 6.07) is 0. The first-order valence-electron chi connectivity index (χ1n) is 11.1. The highest BCUT2D eigenvalue weighted by molar-refractivity contribution is 5.66. The van der Waals surface area contributed by atoms with Gasteiger partial charge >= 0.3 is 5.97 Å². The molecule has 4 nitrogen and oxygen atoms in total. The van der Waals surface area contributed by atoms with Crippen LogP contribution in [0.2, 0.25) is 0 Å². The largest absolute Gasteiger partial charge is 0.481 e. The molecule has 0 aromatic carbocycles. The molecular weight excluding hydrogens is 338 g/mol. The average Bonchev–Trinajstić information content (AvgIpc) is 2.57. The van der Waals surface area contributed by atoms with Gasteiger partial charge in [0.05, 0.1) is 27.7 Å².